The van der Waals surface area contributed by atoms with E-state index in [-0.39, 0.29) is 27.9 Å². The second-order valence-electron chi connectivity index (χ2n) is 7.62. The minimum atomic E-state index is -3.91. The highest BCUT2D eigenvalue weighted by molar-refractivity contribution is 7.90. The summed E-state index contributed by atoms with van der Waals surface area (Å²) in [5, 5.41) is 0.762. The van der Waals surface area contributed by atoms with Crippen molar-refractivity contribution in [3.63, 3.8) is 0 Å². The van der Waals surface area contributed by atoms with Gasteiger partial charge in [-0.2, -0.15) is 4.31 Å². The Hall–Kier alpha value is -2.56. The number of sulfonamides is 1. The molecule has 34 heavy (non-hydrogen) atoms. The number of hydrogen-bond donors (Lipinski definition) is 0. The summed E-state index contributed by atoms with van der Waals surface area (Å²) in [6.07, 6.45) is 2.77. The first-order chi connectivity index (χ1) is 16.1. The van der Waals surface area contributed by atoms with E-state index < -0.39 is 19.9 Å². The van der Waals surface area contributed by atoms with Crippen LogP contribution in [0.4, 0.5) is 0 Å². The lowest BCUT2D eigenvalue weighted by Crippen LogP contribution is -2.30. The molecule has 1 heterocycles. The third-order valence-electron chi connectivity index (χ3n) is 5.05. The predicted molar refractivity (Wildman–Crippen MR) is 135 cm³/mol. The summed E-state index contributed by atoms with van der Waals surface area (Å²) in [6, 6.07) is 22.2. The normalized spacial score (nSPS) is 12.2. The molecule has 0 spiro atoms. The zero-order chi connectivity index (χ0) is 24.3. The van der Waals surface area contributed by atoms with Gasteiger partial charge < -0.3 is 0 Å². The summed E-state index contributed by atoms with van der Waals surface area (Å²) in [7, 11) is -7.27. The first-order valence-corrected chi connectivity index (χ1v) is 14.7. The number of thiazole rings is 1. The summed E-state index contributed by atoms with van der Waals surface area (Å²) in [6.45, 7) is 0.247. The molecular weight excluding hydrogens is 512 g/mol. The summed E-state index contributed by atoms with van der Waals surface area (Å²) in [5.74, 6) is 0. The standard InChI is InChI=1S/C24H21ClN2O4S3/c1-33(28,29)21-11-7-10-19(14-21)24-26-15-20(32-24)17-27(16-18-8-3-2-4-9-18)34(30,31)23-13-6-5-12-22(23)25/h2-15H,16-17H2,1H3. The molecule has 0 fully saturated rings. The number of benzene rings is 3. The van der Waals surface area contributed by atoms with Crippen LogP contribution in [0, 0.1) is 0 Å². The van der Waals surface area contributed by atoms with E-state index in [0.29, 0.717) is 15.4 Å². The van der Waals surface area contributed by atoms with E-state index in [0.717, 1.165) is 11.8 Å². The molecule has 0 N–H and O–H groups in total. The molecule has 0 aliphatic rings. The van der Waals surface area contributed by atoms with E-state index in [2.05, 4.69) is 4.98 Å². The molecule has 0 unspecified atom stereocenters. The van der Waals surface area contributed by atoms with Crippen molar-refractivity contribution in [1.82, 2.24) is 9.29 Å². The lowest BCUT2D eigenvalue weighted by Gasteiger charge is -2.22. The van der Waals surface area contributed by atoms with Gasteiger partial charge in [-0.15, -0.1) is 11.3 Å². The smallest absolute Gasteiger partial charge is 0.244 e. The van der Waals surface area contributed by atoms with Crippen molar-refractivity contribution >= 4 is 42.8 Å². The van der Waals surface area contributed by atoms with Gasteiger partial charge in [-0.1, -0.05) is 66.2 Å². The Kier molecular flexibility index (Phi) is 7.20. The van der Waals surface area contributed by atoms with E-state index in [4.69, 9.17) is 11.6 Å². The summed E-state index contributed by atoms with van der Waals surface area (Å²) >= 11 is 7.54. The molecule has 6 nitrogen and oxygen atoms in total. The summed E-state index contributed by atoms with van der Waals surface area (Å²) in [4.78, 5) is 5.37. The van der Waals surface area contributed by atoms with Crippen molar-refractivity contribution in [2.45, 2.75) is 22.9 Å². The van der Waals surface area contributed by atoms with E-state index in [1.165, 1.54) is 27.8 Å². The molecule has 4 aromatic rings. The van der Waals surface area contributed by atoms with Crippen molar-refractivity contribution < 1.29 is 16.8 Å². The lowest BCUT2D eigenvalue weighted by atomic mass is 10.2. The Bertz CT molecular complexity index is 1520. The third kappa shape index (κ3) is 5.56. The predicted octanol–water partition coefficient (Wildman–Crippen LogP) is 5.26. The Morgan fingerprint density at radius 3 is 2.29 bits per heavy atom. The van der Waals surface area contributed by atoms with Crippen LogP contribution in [0.1, 0.15) is 10.4 Å². The minimum Gasteiger partial charge on any atom is -0.244 e. The van der Waals surface area contributed by atoms with Gasteiger partial charge in [0.2, 0.25) is 10.0 Å². The first kappa shape index (κ1) is 24.6. The molecule has 0 aliphatic carbocycles. The highest BCUT2D eigenvalue weighted by Gasteiger charge is 2.27. The van der Waals surface area contributed by atoms with E-state index in [1.807, 2.05) is 30.3 Å². The summed E-state index contributed by atoms with van der Waals surface area (Å²) in [5.41, 5.74) is 1.49. The number of aromatic nitrogens is 1. The van der Waals surface area contributed by atoms with Crippen molar-refractivity contribution in [3.8, 4) is 10.6 Å². The fraction of sp³-hybridized carbons (Fsp3) is 0.125. The highest BCUT2D eigenvalue weighted by Crippen LogP contribution is 2.31. The Labute approximate surface area is 208 Å². The largest absolute Gasteiger partial charge is 0.245 e. The van der Waals surface area contributed by atoms with Crippen LogP contribution in [-0.4, -0.2) is 32.4 Å². The average molecular weight is 533 g/mol. The number of sulfone groups is 1. The van der Waals surface area contributed by atoms with Gasteiger partial charge in [0.1, 0.15) is 9.90 Å². The molecule has 0 saturated carbocycles. The Morgan fingerprint density at radius 2 is 1.59 bits per heavy atom. The second kappa shape index (κ2) is 9.97. The molecule has 176 valence electrons. The minimum absolute atomic E-state index is 0.0400. The fourth-order valence-electron chi connectivity index (χ4n) is 3.35. The van der Waals surface area contributed by atoms with Gasteiger partial charge >= 0.3 is 0 Å². The molecular formula is C24H21ClN2O4S3. The Balaban J connectivity index is 1.68. The first-order valence-electron chi connectivity index (χ1n) is 10.2. The molecule has 4 rings (SSSR count). The highest BCUT2D eigenvalue weighted by atomic mass is 35.5. The van der Waals surface area contributed by atoms with E-state index >= 15 is 0 Å². The molecule has 3 aromatic carbocycles. The van der Waals surface area contributed by atoms with Gasteiger partial charge in [-0.3, -0.25) is 0 Å². The van der Waals surface area contributed by atoms with Crippen LogP contribution in [0.15, 0.2) is 94.9 Å². The van der Waals surface area contributed by atoms with Gasteiger partial charge in [-0.25, -0.2) is 21.8 Å². The quantitative estimate of drug-likeness (QED) is 0.309. The van der Waals surface area contributed by atoms with E-state index in [1.54, 1.807) is 42.6 Å². The zero-order valence-corrected chi connectivity index (χ0v) is 21.3. The average Bonchev–Trinajstić information content (AvgIpc) is 3.28. The van der Waals surface area contributed by atoms with Crippen LogP contribution in [0.2, 0.25) is 5.02 Å². The monoisotopic (exact) mass is 532 g/mol. The molecule has 0 bridgehead atoms. The van der Waals surface area contributed by atoms with Crippen LogP contribution in [0.25, 0.3) is 10.6 Å². The number of halogens is 1. The van der Waals surface area contributed by atoms with Gasteiger partial charge in [0, 0.05) is 29.4 Å². The van der Waals surface area contributed by atoms with Gasteiger partial charge in [0.25, 0.3) is 0 Å². The SMILES string of the molecule is CS(=O)(=O)c1cccc(-c2ncc(CN(Cc3ccccc3)S(=O)(=O)c3ccccc3Cl)s2)c1. The molecule has 0 radical (unpaired) electrons. The van der Waals surface area contributed by atoms with Gasteiger partial charge in [-0.05, 0) is 29.8 Å². The van der Waals surface area contributed by atoms with Crippen LogP contribution >= 0.6 is 22.9 Å². The van der Waals surface area contributed by atoms with E-state index in [9.17, 15) is 16.8 Å². The maximum atomic E-state index is 13.6. The van der Waals surface area contributed by atoms with Crippen LogP contribution in [0.3, 0.4) is 0 Å². The Morgan fingerprint density at radius 1 is 0.882 bits per heavy atom. The molecule has 0 atom stereocenters. The maximum absolute atomic E-state index is 13.6. The van der Waals surface area contributed by atoms with Crippen molar-refractivity contribution in [2.75, 3.05) is 6.26 Å². The third-order valence-corrected chi connectivity index (χ3v) is 9.48. The van der Waals surface area contributed by atoms with Crippen molar-refractivity contribution in [2.24, 2.45) is 0 Å². The summed E-state index contributed by atoms with van der Waals surface area (Å²) < 4.78 is 52.3. The van der Waals surface area contributed by atoms with Crippen LogP contribution in [0.5, 0.6) is 0 Å². The number of hydrogen-bond acceptors (Lipinski definition) is 6. The van der Waals surface area contributed by atoms with Gasteiger partial charge in [0.15, 0.2) is 9.84 Å². The van der Waals surface area contributed by atoms with Crippen LogP contribution < -0.4 is 0 Å². The number of nitrogens with zero attached hydrogens (tertiary/aromatic N) is 2. The van der Waals surface area contributed by atoms with Crippen molar-refractivity contribution in [1.29, 1.82) is 0 Å². The lowest BCUT2D eigenvalue weighted by molar-refractivity contribution is 0.404. The molecule has 0 aliphatic heterocycles. The number of rotatable bonds is 8. The maximum Gasteiger partial charge on any atom is 0.245 e. The zero-order valence-electron chi connectivity index (χ0n) is 18.1. The molecule has 0 amide bonds. The van der Waals surface area contributed by atoms with Crippen LogP contribution in [-0.2, 0) is 33.0 Å². The fourth-order valence-corrected chi connectivity index (χ4v) is 6.93. The molecule has 1 aromatic heterocycles. The van der Waals surface area contributed by atoms with Crippen molar-refractivity contribution in [3.05, 3.63) is 101 Å². The topological polar surface area (TPSA) is 84.4 Å². The van der Waals surface area contributed by atoms with Gasteiger partial charge in [0.05, 0.1) is 16.5 Å². The molecule has 10 heteroatoms. The molecule has 0 saturated heterocycles. The second-order valence-corrected chi connectivity index (χ2v) is 13.1.